The zero-order valence-corrected chi connectivity index (χ0v) is 14.9. The van der Waals surface area contributed by atoms with Crippen molar-refractivity contribution in [3.05, 3.63) is 72.1 Å². The van der Waals surface area contributed by atoms with Crippen LogP contribution in [0.4, 0.5) is 5.69 Å². The predicted octanol–water partition coefficient (Wildman–Crippen LogP) is 4.88. The summed E-state index contributed by atoms with van der Waals surface area (Å²) in [6, 6.07) is 7.90. The lowest BCUT2D eigenvalue weighted by molar-refractivity contribution is 0.439. The van der Waals surface area contributed by atoms with E-state index in [2.05, 4.69) is 49.4 Å². The van der Waals surface area contributed by atoms with Crippen LogP contribution in [0.3, 0.4) is 0 Å². The Morgan fingerprint density at radius 3 is 2.54 bits per heavy atom. The zero-order chi connectivity index (χ0) is 17.5. The van der Waals surface area contributed by atoms with Gasteiger partial charge in [0.2, 0.25) is 0 Å². The third-order valence-electron chi connectivity index (χ3n) is 4.24. The number of allylic oxidation sites excluding steroid dienone is 3. The summed E-state index contributed by atoms with van der Waals surface area (Å²) in [5.41, 5.74) is 11.8. The van der Waals surface area contributed by atoms with Gasteiger partial charge < -0.3 is 16.0 Å². The Labute approximate surface area is 146 Å². The van der Waals surface area contributed by atoms with Crippen LogP contribution in [0.1, 0.15) is 38.7 Å². The predicted molar refractivity (Wildman–Crippen MR) is 105 cm³/mol. The number of anilines is 1. The SMILES string of the molecule is C=C(C/C(C)=C\C(=C/C)N1CCCC1)Nc1ccccc1C(=C)N. The van der Waals surface area contributed by atoms with Gasteiger partial charge in [-0.2, -0.15) is 0 Å². The molecular formula is C21H29N3. The topological polar surface area (TPSA) is 41.3 Å². The molecule has 0 aromatic heterocycles. The van der Waals surface area contributed by atoms with E-state index in [4.69, 9.17) is 5.73 Å². The Kier molecular flexibility index (Phi) is 6.30. The maximum absolute atomic E-state index is 5.86. The number of nitrogens with two attached hydrogens (primary N) is 1. The van der Waals surface area contributed by atoms with Crippen LogP contribution in [0, 0.1) is 0 Å². The molecule has 3 nitrogen and oxygen atoms in total. The Morgan fingerprint density at radius 1 is 1.25 bits per heavy atom. The van der Waals surface area contributed by atoms with Crippen LogP contribution in [-0.4, -0.2) is 18.0 Å². The molecule has 1 aromatic carbocycles. The van der Waals surface area contributed by atoms with Gasteiger partial charge >= 0.3 is 0 Å². The van der Waals surface area contributed by atoms with Gasteiger partial charge in [-0.15, -0.1) is 0 Å². The largest absolute Gasteiger partial charge is 0.399 e. The van der Waals surface area contributed by atoms with Crippen molar-refractivity contribution in [3.8, 4) is 0 Å². The number of nitrogens with zero attached hydrogens (tertiary/aromatic N) is 1. The van der Waals surface area contributed by atoms with Crippen LogP contribution in [0.25, 0.3) is 5.70 Å². The number of hydrogen-bond acceptors (Lipinski definition) is 3. The Balaban J connectivity index is 2.01. The Bertz CT molecular complexity index is 661. The molecular weight excluding hydrogens is 294 g/mol. The summed E-state index contributed by atoms with van der Waals surface area (Å²) in [6.07, 6.45) is 7.84. The highest BCUT2D eigenvalue weighted by Crippen LogP contribution is 2.23. The molecule has 1 aliphatic rings. The first kappa shape index (κ1) is 17.9. The van der Waals surface area contributed by atoms with Crippen LogP contribution in [0.5, 0.6) is 0 Å². The maximum atomic E-state index is 5.86. The number of hydrogen-bond donors (Lipinski definition) is 2. The molecule has 0 aliphatic carbocycles. The Morgan fingerprint density at radius 2 is 1.92 bits per heavy atom. The van der Waals surface area contributed by atoms with Gasteiger partial charge in [-0.1, -0.05) is 43.0 Å². The van der Waals surface area contributed by atoms with E-state index in [9.17, 15) is 0 Å². The minimum absolute atomic E-state index is 0.559. The van der Waals surface area contributed by atoms with Crippen LogP contribution in [-0.2, 0) is 0 Å². The van der Waals surface area contributed by atoms with E-state index >= 15 is 0 Å². The lowest BCUT2D eigenvalue weighted by Crippen LogP contribution is -2.17. The average Bonchev–Trinajstić information content (AvgIpc) is 3.07. The standard InChI is InChI=1S/C21H29N3/c1-5-19(24-12-8-9-13-24)15-16(2)14-17(3)23-21-11-7-6-10-20(21)18(4)22/h5-7,10-11,15,23H,3-4,8-9,12-14,22H2,1-2H3/b16-15-,19-5+. The second-order valence-corrected chi connectivity index (χ2v) is 6.37. The van der Waals surface area contributed by atoms with Gasteiger partial charge in [-0.25, -0.2) is 0 Å². The molecule has 0 amide bonds. The van der Waals surface area contributed by atoms with Crippen molar-refractivity contribution >= 4 is 11.4 Å². The summed E-state index contributed by atoms with van der Waals surface area (Å²) in [5, 5.41) is 3.37. The van der Waals surface area contributed by atoms with Crippen molar-refractivity contribution in [2.75, 3.05) is 18.4 Å². The van der Waals surface area contributed by atoms with Crippen LogP contribution >= 0.6 is 0 Å². The first-order chi connectivity index (χ1) is 11.5. The minimum Gasteiger partial charge on any atom is -0.399 e. The summed E-state index contributed by atoms with van der Waals surface area (Å²) >= 11 is 0. The monoisotopic (exact) mass is 323 g/mol. The second-order valence-electron chi connectivity index (χ2n) is 6.37. The van der Waals surface area contributed by atoms with E-state index in [0.29, 0.717) is 5.70 Å². The molecule has 0 radical (unpaired) electrons. The number of benzene rings is 1. The summed E-state index contributed by atoms with van der Waals surface area (Å²) < 4.78 is 0. The maximum Gasteiger partial charge on any atom is 0.0475 e. The molecule has 1 saturated heterocycles. The molecule has 2 rings (SSSR count). The minimum atomic E-state index is 0.559. The number of para-hydroxylation sites is 1. The van der Waals surface area contributed by atoms with Crippen molar-refractivity contribution in [2.24, 2.45) is 5.73 Å². The van der Waals surface area contributed by atoms with E-state index in [1.807, 2.05) is 24.3 Å². The van der Waals surface area contributed by atoms with Crippen molar-refractivity contribution in [3.63, 3.8) is 0 Å². The zero-order valence-electron chi connectivity index (χ0n) is 14.9. The normalized spacial score (nSPS) is 15.5. The fourth-order valence-electron chi connectivity index (χ4n) is 3.08. The van der Waals surface area contributed by atoms with Gasteiger partial charge in [-0.3, -0.25) is 0 Å². The van der Waals surface area contributed by atoms with Crippen LogP contribution < -0.4 is 11.1 Å². The summed E-state index contributed by atoms with van der Waals surface area (Å²) in [5.74, 6) is 0. The molecule has 1 aromatic rings. The van der Waals surface area contributed by atoms with Gasteiger partial charge in [-0.05, 0) is 38.8 Å². The molecule has 0 bridgehead atoms. The van der Waals surface area contributed by atoms with Crippen molar-refractivity contribution < 1.29 is 0 Å². The molecule has 1 aliphatic heterocycles. The molecule has 24 heavy (non-hydrogen) atoms. The van der Waals surface area contributed by atoms with E-state index in [-0.39, 0.29) is 0 Å². The van der Waals surface area contributed by atoms with Gasteiger partial charge in [0.1, 0.15) is 0 Å². The quantitative estimate of drug-likeness (QED) is 0.703. The fraction of sp³-hybridized carbons (Fsp3) is 0.333. The number of likely N-dealkylation sites (tertiary alicyclic amines) is 1. The molecule has 0 spiro atoms. The average molecular weight is 323 g/mol. The highest BCUT2D eigenvalue weighted by atomic mass is 15.1. The molecule has 0 atom stereocenters. The Hall–Kier alpha value is -2.42. The van der Waals surface area contributed by atoms with Gasteiger partial charge in [0, 0.05) is 47.9 Å². The van der Waals surface area contributed by atoms with Crippen LogP contribution in [0.15, 0.2) is 66.5 Å². The first-order valence-corrected chi connectivity index (χ1v) is 8.58. The molecule has 0 unspecified atom stereocenters. The van der Waals surface area contributed by atoms with Gasteiger partial charge in [0.15, 0.2) is 0 Å². The fourth-order valence-corrected chi connectivity index (χ4v) is 3.08. The number of nitrogens with one attached hydrogen (secondary N) is 1. The smallest absolute Gasteiger partial charge is 0.0475 e. The summed E-state index contributed by atoms with van der Waals surface area (Å²) in [4.78, 5) is 2.45. The second kappa shape index (κ2) is 8.44. The summed E-state index contributed by atoms with van der Waals surface area (Å²) in [6.45, 7) is 14.6. The third kappa shape index (κ3) is 4.79. The van der Waals surface area contributed by atoms with E-state index < -0.39 is 0 Å². The highest BCUT2D eigenvalue weighted by molar-refractivity contribution is 5.74. The van der Waals surface area contributed by atoms with E-state index in [1.54, 1.807) is 0 Å². The first-order valence-electron chi connectivity index (χ1n) is 8.58. The molecule has 3 heteroatoms. The molecule has 128 valence electrons. The lowest BCUT2D eigenvalue weighted by Gasteiger charge is -2.20. The number of rotatable bonds is 7. The van der Waals surface area contributed by atoms with Crippen molar-refractivity contribution in [2.45, 2.75) is 33.1 Å². The molecule has 1 fully saturated rings. The van der Waals surface area contributed by atoms with Crippen molar-refractivity contribution in [1.29, 1.82) is 0 Å². The van der Waals surface area contributed by atoms with E-state index in [0.717, 1.165) is 36.5 Å². The lowest BCUT2D eigenvalue weighted by atomic mass is 10.1. The molecule has 3 N–H and O–H groups in total. The summed E-state index contributed by atoms with van der Waals surface area (Å²) in [7, 11) is 0. The van der Waals surface area contributed by atoms with E-state index in [1.165, 1.54) is 24.1 Å². The van der Waals surface area contributed by atoms with Gasteiger partial charge in [0.25, 0.3) is 0 Å². The van der Waals surface area contributed by atoms with Crippen LogP contribution in [0.2, 0.25) is 0 Å². The van der Waals surface area contributed by atoms with Crippen molar-refractivity contribution in [1.82, 2.24) is 4.90 Å². The molecule has 1 heterocycles. The van der Waals surface area contributed by atoms with Gasteiger partial charge in [0.05, 0.1) is 0 Å². The highest BCUT2D eigenvalue weighted by Gasteiger charge is 2.13. The molecule has 0 saturated carbocycles. The third-order valence-corrected chi connectivity index (χ3v) is 4.24.